The van der Waals surface area contributed by atoms with Gasteiger partial charge in [0, 0.05) is 6.42 Å². The Morgan fingerprint density at radius 1 is 1.09 bits per heavy atom. The van der Waals surface area contributed by atoms with E-state index in [1.807, 2.05) is 12.1 Å². The summed E-state index contributed by atoms with van der Waals surface area (Å²) in [7, 11) is 0. The van der Waals surface area contributed by atoms with E-state index in [1.54, 1.807) is 0 Å². The summed E-state index contributed by atoms with van der Waals surface area (Å²) in [5.74, 6) is 0.00136. The van der Waals surface area contributed by atoms with Gasteiger partial charge in [0.25, 0.3) is 5.56 Å². The number of nitrogen functional groups attached to an aromatic ring is 1. The number of hydrogen-bond donors (Lipinski definition) is 3. The Morgan fingerprint density at radius 3 is 2.39 bits per heavy atom. The number of aromatic amines is 1. The highest BCUT2D eigenvalue weighted by Gasteiger charge is 2.07. The molecule has 4 N–H and O–H groups in total. The lowest BCUT2D eigenvalue weighted by Gasteiger charge is -2.05. The van der Waals surface area contributed by atoms with Gasteiger partial charge in [-0.1, -0.05) is 56.9 Å². The van der Waals surface area contributed by atoms with Crippen LogP contribution in [0.2, 0.25) is 0 Å². The van der Waals surface area contributed by atoms with Crippen LogP contribution in [0.5, 0.6) is 5.88 Å². The normalized spacial score (nSPS) is 10.8. The third-order valence-corrected chi connectivity index (χ3v) is 3.95. The highest BCUT2D eigenvalue weighted by atomic mass is 16.3. The zero-order chi connectivity index (χ0) is 16.7. The molecular formula is C18H25N3O2. The largest absolute Gasteiger partial charge is 0.492 e. The number of aryl methyl sites for hydroxylation is 1. The molecule has 0 spiro atoms. The molecule has 0 saturated heterocycles. The number of nitrogens with zero attached hydrogens (tertiary/aromatic N) is 1. The van der Waals surface area contributed by atoms with Crippen LogP contribution in [0.3, 0.4) is 0 Å². The number of nitrogens with one attached hydrogen (secondary N) is 1. The van der Waals surface area contributed by atoms with Crippen LogP contribution in [0.4, 0.5) is 5.69 Å². The molecule has 0 fully saturated rings. The van der Waals surface area contributed by atoms with E-state index in [0.29, 0.717) is 12.2 Å². The quantitative estimate of drug-likeness (QED) is 0.652. The first-order valence-corrected chi connectivity index (χ1v) is 8.25. The molecule has 1 aromatic carbocycles. The van der Waals surface area contributed by atoms with Gasteiger partial charge in [-0.2, -0.15) is 4.98 Å². The van der Waals surface area contributed by atoms with Crippen LogP contribution in [0, 0.1) is 0 Å². The highest BCUT2D eigenvalue weighted by Crippen LogP contribution is 2.14. The van der Waals surface area contributed by atoms with Gasteiger partial charge in [-0.3, -0.25) is 4.79 Å². The number of nitrogens with two attached hydrogens (primary N) is 1. The fourth-order valence-corrected chi connectivity index (χ4v) is 2.55. The fraction of sp³-hybridized carbons (Fsp3) is 0.444. The van der Waals surface area contributed by atoms with E-state index in [-0.39, 0.29) is 5.69 Å². The lowest BCUT2D eigenvalue weighted by molar-refractivity contribution is 0.451. The second kappa shape index (κ2) is 8.36. The average Bonchev–Trinajstić information content (AvgIpc) is 2.54. The standard InChI is InChI=1S/C18H25N3O2/c1-2-3-4-5-6-7-13-8-10-14(11-9-13)12-15-20-17(22)16(19)18(23)21-15/h8-11H,2-7,12,19H2,1H3,(H2,20,21,22,23). The third-order valence-electron chi connectivity index (χ3n) is 3.95. The summed E-state index contributed by atoms with van der Waals surface area (Å²) < 4.78 is 0. The molecule has 5 heteroatoms. The fourth-order valence-electron chi connectivity index (χ4n) is 2.55. The van der Waals surface area contributed by atoms with E-state index in [1.165, 1.54) is 37.7 Å². The van der Waals surface area contributed by atoms with Crippen molar-refractivity contribution in [1.29, 1.82) is 0 Å². The van der Waals surface area contributed by atoms with E-state index in [0.717, 1.165) is 12.0 Å². The number of aromatic hydroxyl groups is 1. The maximum atomic E-state index is 11.5. The summed E-state index contributed by atoms with van der Waals surface area (Å²) in [4.78, 5) is 18.0. The van der Waals surface area contributed by atoms with Crippen LogP contribution < -0.4 is 11.3 Å². The van der Waals surface area contributed by atoms with E-state index < -0.39 is 11.4 Å². The summed E-state index contributed by atoms with van der Waals surface area (Å²) in [5.41, 5.74) is 7.00. The second-order valence-corrected chi connectivity index (χ2v) is 5.91. The van der Waals surface area contributed by atoms with Crippen molar-refractivity contribution in [2.24, 2.45) is 0 Å². The highest BCUT2D eigenvalue weighted by molar-refractivity contribution is 5.44. The Bertz CT molecular complexity index is 678. The van der Waals surface area contributed by atoms with Crippen molar-refractivity contribution in [3.63, 3.8) is 0 Å². The Hall–Kier alpha value is -2.30. The predicted octanol–water partition coefficient (Wildman–Crippen LogP) is 3.16. The summed E-state index contributed by atoms with van der Waals surface area (Å²) >= 11 is 0. The maximum absolute atomic E-state index is 11.5. The number of anilines is 1. The van der Waals surface area contributed by atoms with Crippen molar-refractivity contribution in [1.82, 2.24) is 9.97 Å². The number of unbranched alkanes of at least 4 members (excludes halogenated alkanes) is 4. The minimum atomic E-state index is -0.504. The summed E-state index contributed by atoms with van der Waals surface area (Å²) in [6.45, 7) is 2.22. The number of rotatable bonds is 8. The van der Waals surface area contributed by atoms with Gasteiger partial charge >= 0.3 is 0 Å². The second-order valence-electron chi connectivity index (χ2n) is 5.91. The topological polar surface area (TPSA) is 92.0 Å². The predicted molar refractivity (Wildman–Crippen MR) is 92.6 cm³/mol. The lowest BCUT2D eigenvalue weighted by atomic mass is 10.0. The third kappa shape index (κ3) is 5.13. The van der Waals surface area contributed by atoms with Crippen LogP contribution in [-0.2, 0) is 12.8 Å². The number of H-pyrrole nitrogens is 1. The molecule has 5 nitrogen and oxygen atoms in total. The first-order valence-electron chi connectivity index (χ1n) is 8.25. The average molecular weight is 315 g/mol. The van der Waals surface area contributed by atoms with Gasteiger partial charge in [-0.05, 0) is 24.0 Å². The van der Waals surface area contributed by atoms with Gasteiger partial charge in [0.15, 0.2) is 5.69 Å². The number of aromatic nitrogens is 2. The van der Waals surface area contributed by atoms with Crippen LogP contribution >= 0.6 is 0 Å². The van der Waals surface area contributed by atoms with Gasteiger partial charge in [0.1, 0.15) is 5.82 Å². The molecule has 0 amide bonds. The zero-order valence-electron chi connectivity index (χ0n) is 13.6. The van der Waals surface area contributed by atoms with E-state index in [9.17, 15) is 9.90 Å². The maximum Gasteiger partial charge on any atom is 0.278 e. The summed E-state index contributed by atoms with van der Waals surface area (Å²) in [5, 5.41) is 9.51. The first-order chi connectivity index (χ1) is 11.1. The van der Waals surface area contributed by atoms with Crippen LogP contribution in [0.25, 0.3) is 0 Å². The molecule has 2 rings (SSSR count). The molecule has 0 aliphatic carbocycles. The van der Waals surface area contributed by atoms with Gasteiger partial charge in [0.2, 0.25) is 5.88 Å². The molecule has 0 atom stereocenters. The van der Waals surface area contributed by atoms with E-state index in [2.05, 4.69) is 29.0 Å². The zero-order valence-corrected chi connectivity index (χ0v) is 13.6. The molecule has 0 bridgehead atoms. The molecule has 2 aromatic rings. The van der Waals surface area contributed by atoms with Crippen molar-refractivity contribution >= 4 is 5.69 Å². The lowest BCUT2D eigenvalue weighted by Crippen LogP contribution is -2.16. The first kappa shape index (κ1) is 17.1. The number of hydrogen-bond acceptors (Lipinski definition) is 4. The van der Waals surface area contributed by atoms with Crippen molar-refractivity contribution in [3.05, 3.63) is 51.6 Å². The minimum Gasteiger partial charge on any atom is -0.492 e. The molecule has 23 heavy (non-hydrogen) atoms. The molecule has 1 heterocycles. The molecule has 0 saturated carbocycles. The molecular weight excluding hydrogens is 290 g/mol. The van der Waals surface area contributed by atoms with Crippen molar-refractivity contribution in [3.8, 4) is 5.88 Å². The number of benzene rings is 1. The van der Waals surface area contributed by atoms with Crippen molar-refractivity contribution in [2.75, 3.05) is 5.73 Å². The Kier molecular flexibility index (Phi) is 6.20. The van der Waals surface area contributed by atoms with Gasteiger partial charge < -0.3 is 15.8 Å². The Morgan fingerprint density at radius 2 is 1.74 bits per heavy atom. The van der Waals surface area contributed by atoms with Gasteiger partial charge in [-0.15, -0.1) is 0 Å². The van der Waals surface area contributed by atoms with Gasteiger partial charge in [-0.25, -0.2) is 0 Å². The van der Waals surface area contributed by atoms with E-state index >= 15 is 0 Å². The Balaban J connectivity index is 1.91. The summed E-state index contributed by atoms with van der Waals surface area (Å²) in [6, 6.07) is 8.30. The Labute approximate surface area is 136 Å². The molecule has 0 unspecified atom stereocenters. The molecule has 124 valence electrons. The smallest absolute Gasteiger partial charge is 0.278 e. The molecule has 1 aromatic heterocycles. The van der Waals surface area contributed by atoms with Crippen LogP contribution in [0.1, 0.15) is 56.0 Å². The molecule has 0 aliphatic heterocycles. The molecule has 0 radical (unpaired) electrons. The van der Waals surface area contributed by atoms with Gasteiger partial charge in [0.05, 0.1) is 0 Å². The van der Waals surface area contributed by atoms with Crippen LogP contribution in [0.15, 0.2) is 29.1 Å². The van der Waals surface area contributed by atoms with Crippen molar-refractivity contribution in [2.45, 2.75) is 51.9 Å². The van der Waals surface area contributed by atoms with E-state index in [4.69, 9.17) is 5.73 Å². The van der Waals surface area contributed by atoms with Crippen LogP contribution in [-0.4, -0.2) is 15.1 Å². The van der Waals surface area contributed by atoms with Crippen molar-refractivity contribution < 1.29 is 5.11 Å². The SMILES string of the molecule is CCCCCCCc1ccc(Cc2nc(O)c(N)c(=O)[nH]2)cc1. The summed E-state index contributed by atoms with van der Waals surface area (Å²) in [6.07, 6.45) is 7.96. The molecule has 0 aliphatic rings. The monoisotopic (exact) mass is 315 g/mol. The minimum absolute atomic E-state index is 0.243.